The smallest absolute Gasteiger partial charge is 0.123 e. The fraction of sp³-hybridized carbons (Fsp3) is 0.143. The highest BCUT2D eigenvalue weighted by Gasteiger charge is 2.15. The van der Waals surface area contributed by atoms with Crippen molar-refractivity contribution in [2.24, 2.45) is 5.84 Å². The van der Waals surface area contributed by atoms with E-state index in [1.807, 2.05) is 31.2 Å². The van der Waals surface area contributed by atoms with Gasteiger partial charge in [0.1, 0.15) is 5.82 Å². The van der Waals surface area contributed by atoms with E-state index in [-0.39, 0.29) is 11.9 Å². The van der Waals surface area contributed by atoms with Gasteiger partial charge in [-0.2, -0.15) is 0 Å². The molecule has 2 aromatic carbocycles. The van der Waals surface area contributed by atoms with E-state index < -0.39 is 0 Å². The molecule has 2 aromatic rings. The number of hydrazine groups is 1. The third kappa shape index (κ3) is 2.77. The Balaban J connectivity index is 2.45. The molecule has 0 bridgehead atoms. The minimum absolute atomic E-state index is 0.214. The minimum Gasteiger partial charge on any atom is -0.271 e. The van der Waals surface area contributed by atoms with E-state index in [1.54, 1.807) is 6.07 Å². The van der Waals surface area contributed by atoms with Gasteiger partial charge in [-0.25, -0.2) is 9.82 Å². The molecule has 0 aliphatic rings. The molecule has 1 unspecified atom stereocenters. The lowest BCUT2D eigenvalue weighted by Crippen LogP contribution is -2.29. The van der Waals surface area contributed by atoms with Crippen LogP contribution in [0.3, 0.4) is 0 Å². The predicted molar refractivity (Wildman–Crippen MR) is 74.4 cm³/mol. The van der Waals surface area contributed by atoms with Crippen molar-refractivity contribution >= 4 is 15.9 Å². The first-order valence-electron chi connectivity index (χ1n) is 5.59. The van der Waals surface area contributed by atoms with Gasteiger partial charge in [0.25, 0.3) is 0 Å². The average molecular weight is 309 g/mol. The van der Waals surface area contributed by atoms with E-state index in [1.165, 1.54) is 12.1 Å². The summed E-state index contributed by atoms with van der Waals surface area (Å²) in [7, 11) is 0. The molecule has 2 nitrogen and oxygen atoms in total. The predicted octanol–water partition coefficient (Wildman–Crippen LogP) is 3.45. The van der Waals surface area contributed by atoms with Crippen LogP contribution in [0.2, 0.25) is 0 Å². The van der Waals surface area contributed by atoms with Crippen molar-refractivity contribution in [2.75, 3.05) is 0 Å². The summed E-state index contributed by atoms with van der Waals surface area (Å²) in [5.41, 5.74) is 5.68. The highest BCUT2D eigenvalue weighted by molar-refractivity contribution is 9.10. The lowest BCUT2D eigenvalue weighted by Gasteiger charge is -2.19. The summed E-state index contributed by atoms with van der Waals surface area (Å²) in [5, 5.41) is 0. The van der Waals surface area contributed by atoms with E-state index in [0.717, 1.165) is 21.2 Å². The molecule has 18 heavy (non-hydrogen) atoms. The molecule has 0 fully saturated rings. The normalized spacial score (nSPS) is 12.4. The van der Waals surface area contributed by atoms with Crippen LogP contribution in [0, 0.1) is 12.7 Å². The van der Waals surface area contributed by atoms with Crippen LogP contribution in [0.4, 0.5) is 4.39 Å². The zero-order valence-electron chi connectivity index (χ0n) is 9.95. The fourth-order valence-corrected chi connectivity index (χ4v) is 2.49. The second-order valence-electron chi connectivity index (χ2n) is 4.16. The topological polar surface area (TPSA) is 38.0 Å². The van der Waals surface area contributed by atoms with E-state index >= 15 is 0 Å². The zero-order chi connectivity index (χ0) is 13.1. The molecule has 0 aliphatic heterocycles. The summed E-state index contributed by atoms with van der Waals surface area (Å²) in [6, 6.07) is 12.2. The van der Waals surface area contributed by atoms with Gasteiger partial charge < -0.3 is 0 Å². The van der Waals surface area contributed by atoms with E-state index in [9.17, 15) is 4.39 Å². The standard InChI is InChI=1S/C14H14BrFN2/c1-9-7-11(15)5-6-13(9)14(18-17)10-3-2-4-12(16)8-10/h2-8,14,18H,17H2,1H3. The molecule has 3 N–H and O–H groups in total. The minimum atomic E-state index is -0.262. The second-order valence-corrected chi connectivity index (χ2v) is 5.07. The third-order valence-electron chi connectivity index (χ3n) is 2.89. The van der Waals surface area contributed by atoms with Crippen LogP contribution < -0.4 is 11.3 Å². The van der Waals surface area contributed by atoms with Gasteiger partial charge >= 0.3 is 0 Å². The molecule has 0 heterocycles. The number of hydrogen-bond acceptors (Lipinski definition) is 2. The number of rotatable bonds is 3. The Bertz CT molecular complexity index is 557. The number of nitrogens with one attached hydrogen (secondary N) is 1. The summed E-state index contributed by atoms with van der Waals surface area (Å²) >= 11 is 3.42. The molecule has 0 aromatic heterocycles. The monoisotopic (exact) mass is 308 g/mol. The van der Waals surface area contributed by atoms with Gasteiger partial charge in [0, 0.05) is 4.47 Å². The Morgan fingerprint density at radius 1 is 1.22 bits per heavy atom. The van der Waals surface area contributed by atoms with Crippen LogP contribution in [0.25, 0.3) is 0 Å². The molecule has 0 amide bonds. The van der Waals surface area contributed by atoms with Gasteiger partial charge in [-0.3, -0.25) is 5.84 Å². The average Bonchev–Trinajstić information content (AvgIpc) is 2.33. The molecule has 1 atom stereocenters. The summed E-state index contributed by atoms with van der Waals surface area (Å²) in [4.78, 5) is 0. The maximum absolute atomic E-state index is 13.3. The molecule has 0 spiro atoms. The number of hydrogen-bond donors (Lipinski definition) is 2. The Labute approximate surface area is 114 Å². The van der Waals surface area contributed by atoms with E-state index in [4.69, 9.17) is 5.84 Å². The lowest BCUT2D eigenvalue weighted by molar-refractivity contribution is 0.604. The van der Waals surface area contributed by atoms with Crippen LogP contribution in [0.15, 0.2) is 46.9 Å². The third-order valence-corrected chi connectivity index (χ3v) is 3.38. The van der Waals surface area contributed by atoms with Gasteiger partial charge in [0.05, 0.1) is 6.04 Å². The van der Waals surface area contributed by atoms with E-state index in [2.05, 4.69) is 21.4 Å². The number of halogens is 2. The Hall–Kier alpha value is -1.23. The van der Waals surface area contributed by atoms with Crippen molar-refractivity contribution in [3.63, 3.8) is 0 Å². The van der Waals surface area contributed by atoms with Gasteiger partial charge in [-0.1, -0.05) is 34.1 Å². The van der Waals surface area contributed by atoms with Crippen molar-refractivity contribution in [3.8, 4) is 0 Å². The van der Waals surface area contributed by atoms with Crippen LogP contribution in [0.1, 0.15) is 22.7 Å². The van der Waals surface area contributed by atoms with Crippen LogP contribution >= 0.6 is 15.9 Å². The zero-order valence-corrected chi connectivity index (χ0v) is 11.5. The maximum Gasteiger partial charge on any atom is 0.123 e. The molecular formula is C14H14BrFN2. The first kappa shape index (κ1) is 13.2. The highest BCUT2D eigenvalue weighted by Crippen LogP contribution is 2.26. The Morgan fingerprint density at radius 2 is 2.00 bits per heavy atom. The molecule has 94 valence electrons. The second kappa shape index (κ2) is 5.61. The maximum atomic E-state index is 13.3. The molecule has 0 saturated carbocycles. The van der Waals surface area contributed by atoms with Crippen LogP contribution in [0.5, 0.6) is 0 Å². The quantitative estimate of drug-likeness (QED) is 0.673. The van der Waals surface area contributed by atoms with Crippen molar-refractivity contribution in [2.45, 2.75) is 13.0 Å². The van der Waals surface area contributed by atoms with Crippen molar-refractivity contribution in [1.29, 1.82) is 0 Å². The van der Waals surface area contributed by atoms with Crippen LogP contribution in [-0.4, -0.2) is 0 Å². The molecule has 0 saturated heterocycles. The number of aryl methyl sites for hydroxylation is 1. The summed E-state index contributed by atoms with van der Waals surface area (Å²) in [6.45, 7) is 2.00. The first-order chi connectivity index (χ1) is 8.61. The van der Waals surface area contributed by atoms with Crippen molar-refractivity contribution < 1.29 is 4.39 Å². The van der Waals surface area contributed by atoms with E-state index in [0.29, 0.717) is 0 Å². The fourth-order valence-electron chi connectivity index (χ4n) is 2.01. The summed E-state index contributed by atoms with van der Waals surface area (Å²) < 4.78 is 14.3. The molecule has 0 radical (unpaired) electrons. The summed E-state index contributed by atoms with van der Waals surface area (Å²) in [5.74, 6) is 5.35. The molecule has 0 aliphatic carbocycles. The molecule has 2 rings (SSSR count). The SMILES string of the molecule is Cc1cc(Br)ccc1C(NN)c1cccc(F)c1. The Morgan fingerprint density at radius 3 is 2.61 bits per heavy atom. The first-order valence-corrected chi connectivity index (χ1v) is 6.39. The van der Waals surface area contributed by atoms with Gasteiger partial charge in [-0.05, 0) is 47.9 Å². The molecule has 4 heteroatoms. The Kier molecular flexibility index (Phi) is 4.11. The van der Waals surface area contributed by atoms with Gasteiger partial charge in [0.15, 0.2) is 0 Å². The van der Waals surface area contributed by atoms with Gasteiger partial charge in [0.2, 0.25) is 0 Å². The highest BCUT2D eigenvalue weighted by atomic mass is 79.9. The number of benzene rings is 2. The van der Waals surface area contributed by atoms with Crippen LogP contribution in [-0.2, 0) is 0 Å². The van der Waals surface area contributed by atoms with Crippen molar-refractivity contribution in [3.05, 3.63) is 69.4 Å². The summed E-state index contributed by atoms with van der Waals surface area (Å²) in [6.07, 6.45) is 0. The number of nitrogens with two attached hydrogens (primary N) is 1. The van der Waals surface area contributed by atoms with Crippen molar-refractivity contribution in [1.82, 2.24) is 5.43 Å². The molecular weight excluding hydrogens is 295 g/mol. The largest absolute Gasteiger partial charge is 0.271 e. The van der Waals surface area contributed by atoms with Gasteiger partial charge in [-0.15, -0.1) is 0 Å². The lowest BCUT2D eigenvalue weighted by atomic mass is 9.95.